The Bertz CT molecular complexity index is 294. The lowest BCUT2D eigenvalue weighted by atomic mass is 10.0. The molecule has 6 heteroatoms. The molecule has 92 valence electrons. The summed E-state index contributed by atoms with van der Waals surface area (Å²) in [7, 11) is 0. The molecule has 0 spiro atoms. The summed E-state index contributed by atoms with van der Waals surface area (Å²) in [5, 5.41) is 8.51. The van der Waals surface area contributed by atoms with Crippen molar-refractivity contribution < 1.29 is 23.5 Å². The second-order valence-corrected chi connectivity index (χ2v) is 4.22. The van der Waals surface area contributed by atoms with Gasteiger partial charge in [0.15, 0.2) is 0 Å². The molecule has 0 aromatic rings. The molecule has 1 rings (SSSR count). The molecule has 0 aliphatic carbocycles. The molecule has 1 aliphatic rings. The van der Waals surface area contributed by atoms with Crippen LogP contribution in [0.1, 0.15) is 26.2 Å². The highest BCUT2D eigenvalue weighted by Crippen LogP contribution is 2.27. The van der Waals surface area contributed by atoms with Gasteiger partial charge in [-0.2, -0.15) is 0 Å². The summed E-state index contributed by atoms with van der Waals surface area (Å²) in [6.45, 7) is 1.15. The fraction of sp³-hybridized carbons (Fsp3) is 0.800. The maximum atomic E-state index is 13.0. The molecule has 1 heterocycles. The van der Waals surface area contributed by atoms with Crippen molar-refractivity contribution in [2.45, 2.75) is 32.1 Å². The molecular weight excluding hydrogens is 220 g/mol. The average molecular weight is 235 g/mol. The van der Waals surface area contributed by atoms with Crippen molar-refractivity contribution in [3.8, 4) is 0 Å². The Morgan fingerprint density at radius 1 is 1.50 bits per heavy atom. The van der Waals surface area contributed by atoms with E-state index in [0.717, 1.165) is 4.90 Å². The molecule has 0 radical (unpaired) electrons. The largest absolute Gasteiger partial charge is 0.481 e. The van der Waals surface area contributed by atoms with Crippen LogP contribution in [0.3, 0.4) is 0 Å². The molecular formula is C10H15F2NO3. The van der Waals surface area contributed by atoms with Crippen LogP contribution in [0.25, 0.3) is 0 Å². The number of hydrogen-bond donors (Lipinski definition) is 1. The predicted octanol–water partition coefficient (Wildman–Crippen LogP) is 1.35. The second-order valence-electron chi connectivity index (χ2n) is 4.22. The minimum absolute atomic E-state index is 0.204. The monoisotopic (exact) mass is 235 g/mol. The summed E-state index contributed by atoms with van der Waals surface area (Å²) < 4.78 is 26.1. The summed E-state index contributed by atoms with van der Waals surface area (Å²) >= 11 is 0. The van der Waals surface area contributed by atoms with Crippen LogP contribution >= 0.6 is 0 Å². The van der Waals surface area contributed by atoms with Crippen molar-refractivity contribution in [3.63, 3.8) is 0 Å². The van der Waals surface area contributed by atoms with Crippen LogP contribution in [0.2, 0.25) is 0 Å². The van der Waals surface area contributed by atoms with E-state index in [1.807, 2.05) is 0 Å². The van der Waals surface area contributed by atoms with Gasteiger partial charge in [0.05, 0.1) is 13.0 Å². The summed E-state index contributed by atoms with van der Waals surface area (Å²) in [4.78, 5) is 23.1. The van der Waals surface area contributed by atoms with Crippen LogP contribution in [0.15, 0.2) is 0 Å². The molecule has 0 saturated carbocycles. The molecule has 0 bridgehead atoms. The second kappa shape index (κ2) is 4.76. The maximum absolute atomic E-state index is 13.0. The SMILES string of the molecule is CC(CC(=O)O)C(=O)N1CCCC(F)(F)C1. The van der Waals surface area contributed by atoms with E-state index in [2.05, 4.69) is 0 Å². The van der Waals surface area contributed by atoms with Gasteiger partial charge in [-0.05, 0) is 6.42 Å². The van der Waals surface area contributed by atoms with Gasteiger partial charge in [0, 0.05) is 18.9 Å². The number of carbonyl (C=O) groups excluding carboxylic acids is 1. The van der Waals surface area contributed by atoms with Gasteiger partial charge < -0.3 is 10.0 Å². The van der Waals surface area contributed by atoms with Crippen molar-refractivity contribution >= 4 is 11.9 Å². The topological polar surface area (TPSA) is 57.6 Å². The summed E-state index contributed by atoms with van der Waals surface area (Å²) in [5.41, 5.74) is 0. The molecule has 1 amide bonds. The molecule has 0 aromatic carbocycles. The van der Waals surface area contributed by atoms with Crippen molar-refractivity contribution in [2.24, 2.45) is 5.92 Å². The van der Waals surface area contributed by atoms with E-state index < -0.39 is 30.3 Å². The average Bonchev–Trinajstić information content (AvgIpc) is 2.13. The molecule has 1 saturated heterocycles. The zero-order valence-electron chi connectivity index (χ0n) is 9.08. The number of carboxylic acid groups (broad SMARTS) is 1. The van der Waals surface area contributed by atoms with Gasteiger partial charge in [0.25, 0.3) is 5.92 Å². The smallest absolute Gasteiger partial charge is 0.304 e. The highest BCUT2D eigenvalue weighted by molar-refractivity contribution is 5.83. The predicted molar refractivity (Wildman–Crippen MR) is 52.2 cm³/mol. The number of carbonyl (C=O) groups is 2. The van der Waals surface area contributed by atoms with Crippen LogP contribution < -0.4 is 0 Å². The van der Waals surface area contributed by atoms with Gasteiger partial charge in [0.1, 0.15) is 0 Å². The van der Waals surface area contributed by atoms with E-state index >= 15 is 0 Å². The van der Waals surface area contributed by atoms with Gasteiger partial charge in [-0.15, -0.1) is 0 Å². The van der Waals surface area contributed by atoms with E-state index in [4.69, 9.17) is 5.11 Å². The van der Waals surface area contributed by atoms with E-state index in [9.17, 15) is 18.4 Å². The minimum atomic E-state index is -2.84. The van der Waals surface area contributed by atoms with E-state index in [-0.39, 0.29) is 19.3 Å². The Morgan fingerprint density at radius 3 is 2.62 bits per heavy atom. The third-order valence-corrected chi connectivity index (χ3v) is 2.61. The first-order chi connectivity index (χ1) is 7.32. The van der Waals surface area contributed by atoms with Crippen LogP contribution in [-0.4, -0.2) is 40.9 Å². The molecule has 1 fully saturated rings. The first kappa shape index (κ1) is 12.9. The number of halogens is 2. The quantitative estimate of drug-likeness (QED) is 0.803. The fourth-order valence-corrected chi connectivity index (χ4v) is 1.81. The van der Waals surface area contributed by atoms with Gasteiger partial charge in [-0.1, -0.05) is 6.92 Å². The number of alkyl halides is 2. The van der Waals surface area contributed by atoms with Gasteiger partial charge in [0.2, 0.25) is 5.91 Å². The van der Waals surface area contributed by atoms with Crippen LogP contribution in [0, 0.1) is 5.92 Å². The third kappa shape index (κ3) is 3.43. The van der Waals surface area contributed by atoms with Crippen LogP contribution in [-0.2, 0) is 9.59 Å². The Balaban J connectivity index is 2.56. The molecule has 0 aromatic heterocycles. The summed E-state index contributed by atoms with van der Waals surface area (Å²) in [6, 6.07) is 0. The van der Waals surface area contributed by atoms with Crippen LogP contribution in [0.4, 0.5) is 8.78 Å². The number of amides is 1. The summed E-state index contributed by atoms with van der Waals surface area (Å²) in [6.07, 6.45) is -0.260. The Morgan fingerprint density at radius 2 is 2.12 bits per heavy atom. The first-order valence-corrected chi connectivity index (χ1v) is 5.20. The third-order valence-electron chi connectivity index (χ3n) is 2.61. The Kier molecular flexibility index (Phi) is 3.83. The highest BCUT2D eigenvalue weighted by atomic mass is 19.3. The lowest BCUT2D eigenvalue weighted by molar-refractivity contribution is -0.149. The molecule has 4 nitrogen and oxygen atoms in total. The van der Waals surface area contributed by atoms with Crippen molar-refractivity contribution in [1.29, 1.82) is 0 Å². The van der Waals surface area contributed by atoms with E-state index in [0.29, 0.717) is 6.54 Å². The van der Waals surface area contributed by atoms with Crippen molar-refractivity contribution in [2.75, 3.05) is 13.1 Å². The number of piperidine rings is 1. The van der Waals surface area contributed by atoms with Crippen molar-refractivity contribution in [1.82, 2.24) is 4.90 Å². The zero-order chi connectivity index (χ0) is 12.3. The zero-order valence-corrected chi connectivity index (χ0v) is 9.08. The lowest BCUT2D eigenvalue weighted by Crippen LogP contribution is -2.47. The van der Waals surface area contributed by atoms with Crippen LogP contribution in [0.5, 0.6) is 0 Å². The standard InChI is InChI=1S/C10H15F2NO3/c1-7(5-8(14)15)9(16)13-4-2-3-10(11,12)6-13/h7H,2-6H2,1H3,(H,14,15). The first-order valence-electron chi connectivity index (χ1n) is 5.20. The number of likely N-dealkylation sites (tertiary alicyclic amines) is 1. The van der Waals surface area contributed by atoms with Gasteiger partial charge >= 0.3 is 5.97 Å². The molecule has 16 heavy (non-hydrogen) atoms. The molecule has 1 atom stereocenters. The number of hydrogen-bond acceptors (Lipinski definition) is 2. The molecule has 1 unspecified atom stereocenters. The number of rotatable bonds is 3. The highest BCUT2D eigenvalue weighted by Gasteiger charge is 2.38. The van der Waals surface area contributed by atoms with Gasteiger partial charge in [-0.25, -0.2) is 8.78 Å². The normalized spacial score (nSPS) is 21.6. The lowest BCUT2D eigenvalue weighted by Gasteiger charge is -2.33. The van der Waals surface area contributed by atoms with E-state index in [1.165, 1.54) is 6.92 Å². The number of aliphatic carboxylic acids is 1. The summed E-state index contributed by atoms with van der Waals surface area (Å²) in [5.74, 6) is -5.17. The minimum Gasteiger partial charge on any atom is -0.481 e. The number of carboxylic acids is 1. The Labute approximate surface area is 92.2 Å². The maximum Gasteiger partial charge on any atom is 0.304 e. The number of nitrogens with zero attached hydrogens (tertiary/aromatic N) is 1. The van der Waals surface area contributed by atoms with Gasteiger partial charge in [-0.3, -0.25) is 9.59 Å². The Hall–Kier alpha value is -1.20. The molecule has 1 N–H and O–H groups in total. The van der Waals surface area contributed by atoms with Crippen molar-refractivity contribution in [3.05, 3.63) is 0 Å². The molecule has 1 aliphatic heterocycles. The van der Waals surface area contributed by atoms with E-state index in [1.54, 1.807) is 0 Å². The fourth-order valence-electron chi connectivity index (χ4n) is 1.81.